The van der Waals surface area contributed by atoms with Crippen LogP contribution in [0.3, 0.4) is 0 Å². The molecular formula is C14H12F3NO. The quantitative estimate of drug-likeness (QED) is 0.859. The first kappa shape index (κ1) is 13.6. The first-order chi connectivity index (χ1) is 9.00. The number of hydrogen-bond acceptors (Lipinski definition) is 2. The number of nitrogens with two attached hydrogens (primary N) is 1. The van der Waals surface area contributed by atoms with Crippen LogP contribution < -0.4 is 5.90 Å². The predicted molar refractivity (Wildman–Crippen MR) is 65.9 cm³/mol. The molecule has 0 heterocycles. The molecule has 0 aliphatic rings. The number of halogens is 3. The van der Waals surface area contributed by atoms with Crippen molar-refractivity contribution < 1.29 is 18.0 Å². The highest BCUT2D eigenvalue weighted by molar-refractivity contribution is 5.64. The van der Waals surface area contributed by atoms with Crippen molar-refractivity contribution in [3.05, 3.63) is 59.7 Å². The second-order valence-corrected chi connectivity index (χ2v) is 4.09. The van der Waals surface area contributed by atoms with E-state index in [0.717, 1.165) is 23.3 Å². The molecule has 2 N–H and O–H groups in total. The van der Waals surface area contributed by atoms with Crippen LogP contribution in [0.4, 0.5) is 13.2 Å². The number of benzene rings is 2. The Morgan fingerprint density at radius 2 is 1.63 bits per heavy atom. The van der Waals surface area contributed by atoms with Gasteiger partial charge in [-0.2, -0.15) is 13.2 Å². The van der Waals surface area contributed by atoms with Gasteiger partial charge in [0.05, 0.1) is 12.2 Å². The first-order valence-corrected chi connectivity index (χ1v) is 5.59. The Morgan fingerprint density at radius 1 is 0.947 bits per heavy atom. The molecule has 2 nitrogen and oxygen atoms in total. The van der Waals surface area contributed by atoms with E-state index in [2.05, 4.69) is 4.84 Å². The SMILES string of the molecule is NOCc1cccc(-c2ccc(C(F)(F)F)cc2)c1. The minimum Gasteiger partial charge on any atom is -0.300 e. The van der Waals surface area contributed by atoms with E-state index in [1.165, 1.54) is 12.1 Å². The first-order valence-electron chi connectivity index (χ1n) is 5.59. The molecule has 0 spiro atoms. The maximum absolute atomic E-state index is 12.5. The van der Waals surface area contributed by atoms with Gasteiger partial charge in [0.1, 0.15) is 0 Å². The molecule has 0 aliphatic carbocycles. The fourth-order valence-corrected chi connectivity index (χ4v) is 1.79. The lowest BCUT2D eigenvalue weighted by molar-refractivity contribution is -0.137. The van der Waals surface area contributed by atoms with Crippen molar-refractivity contribution in [3.8, 4) is 11.1 Å². The molecule has 0 saturated carbocycles. The summed E-state index contributed by atoms with van der Waals surface area (Å²) >= 11 is 0. The van der Waals surface area contributed by atoms with Gasteiger partial charge in [-0.25, -0.2) is 5.90 Å². The number of rotatable bonds is 3. The molecule has 0 atom stereocenters. The second-order valence-electron chi connectivity index (χ2n) is 4.09. The molecule has 2 aromatic carbocycles. The zero-order valence-corrected chi connectivity index (χ0v) is 9.95. The zero-order chi connectivity index (χ0) is 13.9. The van der Waals surface area contributed by atoms with Gasteiger partial charge in [-0.05, 0) is 34.9 Å². The smallest absolute Gasteiger partial charge is 0.300 e. The van der Waals surface area contributed by atoms with Gasteiger partial charge in [-0.15, -0.1) is 0 Å². The van der Waals surface area contributed by atoms with E-state index >= 15 is 0 Å². The van der Waals surface area contributed by atoms with Gasteiger partial charge < -0.3 is 0 Å². The van der Waals surface area contributed by atoms with Gasteiger partial charge in [0, 0.05) is 0 Å². The van der Waals surface area contributed by atoms with Crippen LogP contribution in [0, 0.1) is 0 Å². The van der Waals surface area contributed by atoms with E-state index in [-0.39, 0.29) is 6.61 Å². The van der Waals surface area contributed by atoms with Gasteiger partial charge in [0.15, 0.2) is 0 Å². The van der Waals surface area contributed by atoms with Crippen molar-refractivity contribution in [3.63, 3.8) is 0 Å². The fraction of sp³-hybridized carbons (Fsp3) is 0.143. The molecule has 2 aromatic rings. The summed E-state index contributed by atoms with van der Waals surface area (Å²) in [5.74, 6) is 4.99. The standard InChI is InChI=1S/C14H12F3NO/c15-14(16,17)13-6-4-11(5-7-13)12-3-1-2-10(8-12)9-19-18/h1-8H,9,18H2. The molecule has 5 heteroatoms. The average molecular weight is 267 g/mol. The Bertz CT molecular complexity index is 549. The lowest BCUT2D eigenvalue weighted by Crippen LogP contribution is -2.04. The van der Waals surface area contributed by atoms with Crippen LogP contribution in [-0.2, 0) is 17.6 Å². The molecule has 0 bridgehead atoms. The molecule has 0 saturated heterocycles. The molecule has 0 radical (unpaired) electrons. The fourth-order valence-electron chi connectivity index (χ4n) is 1.79. The van der Waals surface area contributed by atoms with Crippen molar-refractivity contribution in [1.29, 1.82) is 0 Å². The van der Waals surface area contributed by atoms with Crippen molar-refractivity contribution in [2.75, 3.05) is 0 Å². The topological polar surface area (TPSA) is 35.2 Å². The minimum absolute atomic E-state index is 0.258. The Hall–Kier alpha value is -1.85. The van der Waals surface area contributed by atoms with Gasteiger partial charge in [-0.3, -0.25) is 4.84 Å². The Morgan fingerprint density at radius 3 is 2.21 bits per heavy atom. The lowest BCUT2D eigenvalue weighted by Gasteiger charge is -2.08. The van der Waals surface area contributed by atoms with Crippen molar-refractivity contribution in [1.82, 2.24) is 0 Å². The molecule has 0 aliphatic heterocycles. The van der Waals surface area contributed by atoms with Crippen LogP contribution in [0.15, 0.2) is 48.5 Å². The highest BCUT2D eigenvalue weighted by Gasteiger charge is 2.29. The Kier molecular flexibility index (Phi) is 3.87. The largest absolute Gasteiger partial charge is 0.416 e. The van der Waals surface area contributed by atoms with Crippen LogP contribution in [-0.4, -0.2) is 0 Å². The van der Waals surface area contributed by atoms with E-state index in [4.69, 9.17) is 5.90 Å². The zero-order valence-electron chi connectivity index (χ0n) is 9.95. The third-order valence-electron chi connectivity index (χ3n) is 2.72. The van der Waals surface area contributed by atoms with Gasteiger partial charge >= 0.3 is 6.18 Å². The number of alkyl halides is 3. The third-order valence-corrected chi connectivity index (χ3v) is 2.72. The van der Waals surface area contributed by atoms with Gasteiger partial charge in [-0.1, -0.05) is 30.3 Å². The van der Waals surface area contributed by atoms with E-state index in [1.54, 1.807) is 6.07 Å². The summed E-state index contributed by atoms with van der Waals surface area (Å²) in [6.45, 7) is 0.258. The molecule has 100 valence electrons. The van der Waals surface area contributed by atoms with Crippen LogP contribution in [0.25, 0.3) is 11.1 Å². The van der Waals surface area contributed by atoms with Crippen LogP contribution >= 0.6 is 0 Å². The normalized spacial score (nSPS) is 11.6. The van der Waals surface area contributed by atoms with Crippen LogP contribution in [0.2, 0.25) is 0 Å². The van der Waals surface area contributed by atoms with Crippen molar-refractivity contribution in [2.45, 2.75) is 12.8 Å². The summed E-state index contributed by atoms with van der Waals surface area (Å²) in [6, 6.07) is 12.3. The van der Waals surface area contributed by atoms with E-state index < -0.39 is 11.7 Å². The van der Waals surface area contributed by atoms with Gasteiger partial charge in [0.2, 0.25) is 0 Å². The third kappa shape index (κ3) is 3.33. The van der Waals surface area contributed by atoms with Crippen LogP contribution in [0.1, 0.15) is 11.1 Å². The highest BCUT2D eigenvalue weighted by Crippen LogP contribution is 2.31. The highest BCUT2D eigenvalue weighted by atomic mass is 19.4. The number of hydrogen-bond donors (Lipinski definition) is 1. The summed E-state index contributed by atoms with van der Waals surface area (Å²) in [4.78, 5) is 4.53. The monoisotopic (exact) mass is 267 g/mol. The van der Waals surface area contributed by atoms with Crippen molar-refractivity contribution in [2.24, 2.45) is 5.90 Å². The average Bonchev–Trinajstić information content (AvgIpc) is 2.39. The van der Waals surface area contributed by atoms with Crippen LogP contribution in [0.5, 0.6) is 0 Å². The maximum Gasteiger partial charge on any atom is 0.416 e. The Balaban J connectivity index is 2.29. The maximum atomic E-state index is 12.5. The van der Waals surface area contributed by atoms with Gasteiger partial charge in [0.25, 0.3) is 0 Å². The lowest BCUT2D eigenvalue weighted by atomic mass is 10.0. The van der Waals surface area contributed by atoms with Crippen molar-refractivity contribution >= 4 is 0 Å². The summed E-state index contributed by atoms with van der Waals surface area (Å²) in [7, 11) is 0. The second kappa shape index (κ2) is 5.42. The van der Waals surface area contributed by atoms with E-state index in [1.807, 2.05) is 18.2 Å². The summed E-state index contributed by atoms with van der Waals surface area (Å²) in [6.07, 6.45) is -4.31. The summed E-state index contributed by atoms with van der Waals surface area (Å²) < 4.78 is 37.4. The molecule has 0 unspecified atom stereocenters. The van der Waals surface area contributed by atoms with E-state index in [9.17, 15) is 13.2 Å². The Labute approximate surface area is 108 Å². The minimum atomic E-state index is -4.31. The molecule has 0 fully saturated rings. The molecular weight excluding hydrogens is 255 g/mol. The molecule has 2 rings (SSSR count). The van der Waals surface area contributed by atoms with E-state index in [0.29, 0.717) is 5.56 Å². The molecule has 0 amide bonds. The molecule has 0 aromatic heterocycles. The predicted octanol–water partition coefficient (Wildman–Crippen LogP) is 3.76. The molecule has 19 heavy (non-hydrogen) atoms. The summed E-state index contributed by atoms with van der Waals surface area (Å²) in [5, 5.41) is 0. The summed E-state index contributed by atoms with van der Waals surface area (Å²) in [5.41, 5.74) is 1.74.